The topological polar surface area (TPSA) is 60.9 Å². The minimum atomic E-state index is -0.0566. The van der Waals surface area contributed by atoms with Crippen molar-refractivity contribution in [2.45, 2.75) is 13.0 Å². The maximum atomic E-state index is 13.1. The van der Waals surface area contributed by atoms with E-state index in [1.165, 1.54) is 0 Å². The lowest BCUT2D eigenvalue weighted by molar-refractivity contribution is 0.612. The molecule has 0 N–H and O–H groups in total. The molecule has 0 unspecified atom stereocenters. The molecular weight excluding hydrogens is 386 g/mol. The van der Waals surface area contributed by atoms with Gasteiger partial charge in [0.15, 0.2) is 0 Å². The van der Waals surface area contributed by atoms with Crippen molar-refractivity contribution in [3.05, 3.63) is 95.5 Å². The molecule has 0 saturated heterocycles. The Morgan fingerprint density at radius 2 is 1.79 bits per heavy atom. The molecule has 5 nitrogen and oxygen atoms in total. The maximum Gasteiger partial charge on any atom is 0.262 e. The lowest BCUT2D eigenvalue weighted by Crippen LogP contribution is -2.20. The van der Waals surface area contributed by atoms with Crippen molar-refractivity contribution in [2.75, 3.05) is 0 Å². The minimum absolute atomic E-state index is 0. The van der Waals surface area contributed by atoms with Crippen LogP contribution in [0.15, 0.2) is 88.7 Å². The molecule has 0 aliphatic rings. The van der Waals surface area contributed by atoms with Gasteiger partial charge in [0, 0.05) is 48.2 Å². The third-order valence-corrected chi connectivity index (χ3v) is 4.96. The number of para-hydroxylation sites is 1. The van der Waals surface area contributed by atoms with Crippen LogP contribution in [-0.2, 0) is 13.0 Å². The zero-order valence-corrected chi connectivity index (χ0v) is 16.3. The number of halogens is 1. The number of hydrogen-bond acceptors (Lipinski definition) is 4. The molecule has 4 aromatic heterocycles. The molecule has 0 atom stereocenters. The average Bonchev–Trinajstić information content (AvgIpc) is 3.19. The first-order valence-electron chi connectivity index (χ1n) is 9.15. The fraction of sp³-hybridized carbons (Fsp3) is 0.0870. The minimum Gasteiger partial charge on any atom is -0.463 e. The summed E-state index contributed by atoms with van der Waals surface area (Å²) in [7, 11) is 0. The van der Waals surface area contributed by atoms with Gasteiger partial charge in [-0.2, -0.15) is 0 Å². The van der Waals surface area contributed by atoms with Crippen LogP contribution in [0.3, 0.4) is 0 Å². The molecule has 0 aliphatic carbocycles. The van der Waals surface area contributed by atoms with E-state index in [9.17, 15) is 4.79 Å². The monoisotopic (exact) mass is 403 g/mol. The Morgan fingerprint density at radius 3 is 2.66 bits per heavy atom. The van der Waals surface area contributed by atoms with Crippen molar-refractivity contribution in [3.8, 4) is 11.1 Å². The van der Waals surface area contributed by atoms with Gasteiger partial charge in [-0.05, 0) is 35.9 Å². The number of pyridine rings is 3. The Morgan fingerprint density at radius 1 is 0.966 bits per heavy atom. The number of aromatic nitrogens is 3. The molecule has 0 fully saturated rings. The summed E-state index contributed by atoms with van der Waals surface area (Å²) in [6.07, 6.45) is 7.52. The van der Waals surface area contributed by atoms with Crippen molar-refractivity contribution in [3.63, 3.8) is 0 Å². The van der Waals surface area contributed by atoms with Crippen LogP contribution >= 0.6 is 12.4 Å². The van der Waals surface area contributed by atoms with E-state index >= 15 is 0 Å². The van der Waals surface area contributed by atoms with Crippen LogP contribution in [-0.4, -0.2) is 14.5 Å². The van der Waals surface area contributed by atoms with E-state index in [1.54, 1.807) is 29.4 Å². The van der Waals surface area contributed by atoms with Crippen molar-refractivity contribution in [1.29, 1.82) is 0 Å². The summed E-state index contributed by atoms with van der Waals surface area (Å²) >= 11 is 0. The smallest absolute Gasteiger partial charge is 0.262 e. The second-order valence-electron chi connectivity index (χ2n) is 6.68. The summed E-state index contributed by atoms with van der Waals surface area (Å²) in [5, 5.41) is 1.71. The molecule has 0 radical (unpaired) electrons. The highest BCUT2D eigenvalue weighted by Crippen LogP contribution is 2.27. The summed E-state index contributed by atoms with van der Waals surface area (Å²) in [6.45, 7) is 0.557. The van der Waals surface area contributed by atoms with Gasteiger partial charge in [-0.1, -0.05) is 24.3 Å². The van der Waals surface area contributed by atoms with E-state index in [4.69, 9.17) is 9.40 Å². The van der Waals surface area contributed by atoms with Gasteiger partial charge in [0.25, 0.3) is 5.56 Å². The molecule has 0 spiro atoms. The fourth-order valence-corrected chi connectivity index (χ4v) is 3.49. The molecule has 0 bridgehead atoms. The molecule has 1 aromatic carbocycles. The van der Waals surface area contributed by atoms with E-state index in [1.807, 2.05) is 48.5 Å². The summed E-state index contributed by atoms with van der Waals surface area (Å²) in [5.74, 6) is 0. The highest BCUT2D eigenvalue weighted by Gasteiger charge is 2.13. The second kappa shape index (κ2) is 7.89. The van der Waals surface area contributed by atoms with Gasteiger partial charge in [-0.3, -0.25) is 14.8 Å². The standard InChI is InChI=1S/C23H17N3O2.ClH/c27-23-22-19(16-7-11-24-12-8-16)15-28-21(22)10-14-26(23)13-9-18-6-5-17-3-1-2-4-20(17)25-18;/h1-8,10-12,14-15H,9,13H2;1H. The van der Waals surface area contributed by atoms with Gasteiger partial charge >= 0.3 is 0 Å². The van der Waals surface area contributed by atoms with E-state index in [2.05, 4.69) is 11.1 Å². The Kier molecular flexibility index (Phi) is 5.14. The molecule has 5 aromatic rings. The third-order valence-electron chi connectivity index (χ3n) is 4.96. The van der Waals surface area contributed by atoms with Crippen molar-refractivity contribution in [1.82, 2.24) is 14.5 Å². The van der Waals surface area contributed by atoms with E-state index < -0.39 is 0 Å². The third kappa shape index (κ3) is 3.52. The molecule has 5 rings (SSSR count). The predicted molar refractivity (Wildman–Crippen MR) is 116 cm³/mol. The van der Waals surface area contributed by atoms with Crippen molar-refractivity contribution in [2.24, 2.45) is 0 Å². The SMILES string of the molecule is Cl.O=c1c2c(-c3ccncc3)coc2ccn1CCc1ccc2ccccc2n1. The zero-order valence-electron chi connectivity index (χ0n) is 15.5. The van der Waals surface area contributed by atoms with Gasteiger partial charge in [-0.15, -0.1) is 12.4 Å². The number of rotatable bonds is 4. The Bertz CT molecular complexity index is 1340. The van der Waals surface area contributed by atoms with Gasteiger partial charge in [0.1, 0.15) is 5.58 Å². The first-order chi connectivity index (χ1) is 13.8. The van der Waals surface area contributed by atoms with Crippen molar-refractivity contribution >= 4 is 34.3 Å². The molecule has 0 saturated carbocycles. The normalized spacial score (nSPS) is 10.9. The molecular formula is C23H18ClN3O2. The molecule has 6 heteroatoms. The predicted octanol–water partition coefficient (Wildman–Crippen LogP) is 4.87. The molecule has 0 aliphatic heterocycles. The lowest BCUT2D eigenvalue weighted by Gasteiger charge is -2.07. The lowest BCUT2D eigenvalue weighted by atomic mass is 10.1. The van der Waals surface area contributed by atoms with Crippen molar-refractivity contribution < 1.29 is 4.42 Å². The number of fused-ring (bicyclic) bond motifs is 2. The number of aryl methyl sites for hydroxylation is 2. The van der Waals surface area contributed by atoms with Crippen LogP contribution in [0.5, 0.6) is 0 Å². The Labute approximate surface area is 173 Å². The Balaban J connectivity index is 0.00000205. The summed E-state index contributed by atoms with van der Waals surface area (Å²) in [6, 6.07) is 17.7. The highest BCUT2D eigenvalue weighted by molar-refractivity contribution is 5.93. The second-order valence-corrected chi connectivity index (χ2v) is 6.68. The van der Waals surface area contributed by atoms with Gasteiger partial charge in [0.05, 0.1) is 17.2 Å². The molecule has 144 valence electrons. The van der Waals surface area contributed by atoms with E-state index in [0.717, 1.165) is 27.7 Å². The number of furan rings is 1. The highest BCUT2D eigenvalue weighted by atomic mass is 35.5. The van der Waals surface area contributed by atoms with E-state index in [-0.39, 0.29) is 18.0 Å². The fourth-order valence-electron chi connectivity index (χ4n) is 3.49. The quantitative estimate of drug-likeness (QED) is 0.429. The maximum absolute atomic E-state index is 13.1. The molecule has 0 amide bonds. The first-order valence-corrected chi connectivity index (χ1v) is 9.15. The van der Waals surface area contributed by atoms with Gasteiger partial charge in [0.2, 0.25) is 0 Å². The van der Waals surface area contributed by atoms with E-state index in [0.29, 0.717) is 23.9 Å². The number of benzene rings is 1. The van der Waals surface area contributed by atoms with Crippen LogP contribution in [0.4, 0.5) is 0 Å². The van der Waals surface area contributed by atoms with Crippen LogP contribution in [0.25, 0.3) is 33.0 Å². The number of hydrogen-bond donors (Lipinski definition) is 0. The van der Waals surface area contributed by atoms with Crippen LogP contribution in [0.2, 0.25) is 0 Å². The van der Waals surface area contributed by atoms with Gasteiger partial charge in [-0.25, -0.2) is 0 Å². The van der Waals surface area contributed by atoms with Crippen LogP contribution in [0.1, 0.15) is 5.69 Å². The zero-order chi connectivity index (χ0) is 18.9. The largest absolute Gasteiger partial charge is 0.463 e. The van der Waals surface area contributed by atoms with Crippen LogP contribution < -0.4 is 5.56 Å². The summed E-state index contributed by atoms with van der Waals surface area (Å²) in [4.78, 5) is 21.8. The number of nitrogens with zero attached hydrogens (tertiary/aromatic N) is 3. The average molecular weight is 404 g/mol. The van der Waals surface area contributed by atoms with Gasteiger partial charge < -0.3 is 8.98 Å². The Hall–Kier alpha value is -3.44. The first kappa shape index (κ1) is 18.9. The summed E-state index contributed by atoms with van der Waals surface area (Å²) in [5.41, 5.74) is 4.18. The molecule has 4 heterocycles. The summed E-state index contributed by atoms with van der Waals surface area (Å²) < 4.78 is 7.33. The molecule has 29 heavy (non-hydrogen) atoms. The van der Waals surface area contributed by atoms with Crippen LogP contribution in [0, 0.1) is 0 Å².